The fourth-order valence-corrected chi connectivity index (χ4v) is 9.00. The fraction of sp³-hybridized carbons (Fsp3) is 0. The summed E-state index contributed by atoms with van der Waals surface area (Å²) in [7, 11) is 0. The van der Waals surface area contributed by atoms with Gasteiger partial charge in [0.25, 0.3) is 5.56 Å². The van der Waals surface area contributed by atoms with Gasteiger partial charge in [-0.3, -0.25) is 9.20 Å². The van der Waals surface area contributed by atoms with Crippen LogP contribution < -0.4 is 5.56 Å². The molecule has 12 aromatic rings. The quantitative estimate of drug-likeness (QED) is 0.175. The highest BCUT2D eigenvalue weighted by atomic mass is 16.3. The minimum atomic E-state index is 0.0198. The van der Waals surface area contributed by atoms with Gasteiger partial charge >= 0.3 is 0 Å². The molecule has 0 atom stereocenters. The van der Waals surface area contributed by atoms with Crippen LogP contribution in [0.2, 0.25) is 0 Å². The van der Waals surface area contributed by atoms with Crippen molar-refractivity contribution in [2.45, 2.75) is 0 Å². The molecule has 0 saturated heterocycles. The van der Waals surface area contributed by atoms with E-state index in [1.54, 1.807) is 0 Å². The number of pyridine rings is 1. The Balaban J connectivity index is 1.09. The zero-order valence-corrected chi connectivity index (χ0v) is 28.4. The van der Waals surface area contributed by atoms with Gasteiger partial charge in [0.1, 0.15) is 11.2 Å². The summed E-state index contributed by atoms with van der Waals surface area (Å²) in [6.45, 7) is 0. The molecule has 4 heteroatoms. The molecule has 4 aromatic heterocycles. The lowest BCUT2D eigenvalue weighted by Gasteiger charge is -2.14. The lowest BCUT2D eigenvalue weighted by atomic mass is 9.94. The lowest BCUT2D eigenvalue weighted by Crippen LogP contribution is -2.13. The Bertz CT molecular complexity index is 3550. The van der Waals surface area contributed by atoms with Crippen LogP contribution in [0.3, 0.4) is 0 Å². The molecule has 0 amide bonds. The molecule has 0 aliphatic heterocycles. The average molecular weight is 677 g/mol. The van der Waals surface area contributed by atoms with Crippen molar-refractivity contribution in [2.24, 2.45) is 0 Å². The zero-order valence-electron chi connectivity index (χ0n) is 28.4. The molecule has 0 aliphatic rings. The van der Waals surface area contributed by atoms with Gasteiger partial charge in [-0.1, -0.05) is 121 Å². The minimum absolute atomic E-state index is 0.0198. The predicted octanol–water partition coefficient (Wildman–Crippen LogP) is 12.5. The summed E-state index contributed by atoms with van der Waals surface area (Å²) in [5.74, 6) is 0. The largest absolute Gasteiger partial charge is 0.455 e. The molecule has 4 heterocycles. The van der Waals surface area contributed by atoms with E-state index in [4.69, 9.17) is 4.42 Å². The van der Waals surface area contributed by atoms with Gasteiger partial charge in [-0.05, 0) is 70.6 Å². The maximum atomic E-state index is 14.1. The van der Waals surface area contributed by atoms with Gasteiger partial charge in [-0.2, -0.15) is 0 Å². The molecule has 0 unspecified atom stereocenters. The van der Waals surface area contributed by atoms with Crippen molar-refractivity contribution in [2.75, 3.05) is 0 Å². The third-order valence-corrected chi connectivity index (χ3v) is 11.3. The van der Waals surface area contributed by atoms with E-state index in [1.165, 1.54) is 10.8 Å². The van der Waals surface area contributed by atoms with E-state index < -0.39 is 0 Å². The first-order chi connectivity index (χ1) is 26.2. The molecule has 0 radical (unpaired) electrons. The summed E-state index contributed by atoms with van der Waals surface area (Å²) >= 11 is 0. The third-order valence-electron chi connectivity index (χ3n) is 11.3. The molecule has 0 fully saturated rings. The van der Waals surface area contributed by atoms with E-state index in [0.29, 0.717) is 0 Å². The molecule has 12 rings (SSSR count). The zero-order chi connectivity index (χ0) is 34.8. The predicted molar refractivity (Wildman–Crippen MR) is 220 cm³/mol. The van der Waals surface area contributed by atoms with Crippen LogP contribution in [0.4, 0.5) is 0 Å². The van der Waals surface area contributed by atoms with Crippen molar-refractivity contribution >= 4 is 81.7 Å². The summed E-state index contributed by atoms with van der Waals surface area (Å²) in [6.07, 6.45) is 0. The highest BCUT2D eigenvalue weighted by Crippen LogP contribution is 2.42. The molecule has 0 aliphatic carbocycles. The molecule has 4 nitrogen and oxygen atoms in total. The van der Waals surface area contributed by atoms with Crippen molar-refractivity contribution in [3.05, 3.63) is 180 Å². The molecule has 0 saturated carbocycles. The second-order valence-electron chi connectivity index (χ2n) is 14.0. The Hall–Kier alpha value is -7.17. The van der Waals surface area contributed by atoms with Gasteiger partial charge in [-0.25, -0.2) is 0 Å². The van der Waals surface area contributed by atoms with Crippen LogP contribution in [0.5, 0.6) is 0 Å². The topological polar surface area (TPSA) is 39.5 Å². The summed E-state index contributed by atoms with van der Waals surface area (Å²) in [4.78, 5) is 14.1. The number of rotatable bonds is 3. The summed E-state index contributed by atoms with van der Waals surface area (Å²) < 4.78 is 10.7. The number of aromatic nitrogens is 2. The SMILES string of the molecule is O=c1c2ccccc2c2c(-c3cccc(-n4c5ccccc5c5cc(-c6cccc7c6oc6ccccc67)ccc54)c3)ccc3c4ccccc4n1c32. The average Bonchev–Trinajstić information content (AvgIpc) is 3.88. The first kappa shape index (κ1) is 28.5. The Labute approximate surface area is 302 Å². The van der Waals surface area contributed by atoms with Gasteiger partial charge < -0.3 is 8.98 Å². The molecule has 53 heavy (non-hydrogen) atoms. The number of para-hydroxylation sites is 4. The van der Waals surface area contributed by atoms with Crippen LogP contribution in [-0.4, -0.2) is 8.97 Å². The van der Waals surface area contributed by atoms with Crippen molar-refractivity contribution < 1.29 is 4.42 Å². The van der Waals surface area contributed by atoms with Crippen molar-refractivity contribution in [3.63, 3.8) is 0 Å². The second-order valence-corrected chi connectivity index (χ2v) is 14.0. The van der Waals surface area contributed by atoms with Crippen LogP contribution in [0.1, 0.15) is 0 Å². The molecule has 0 bridgehead atoms. The fourth-order valence-electron chi connectivity index (χ4n) is 9.00. The van der Waals surface area contributed by atoms with Gasteiger partial charge in [0.05, 0.1) is 22.1 Å². The van der Waals surface area contributed by atoms with E-state index in [2.05, 4.69) is 132 Å². The summed E-state index contributed by atoms with van der Waals surface area (Å²) in [5, 5.41) is 9.61. The first-order valence-electron chi connectivity index (χ1n) is 18.0. The number of benzene rings is 8. The van der Waals surface area contributed by atoms with E-state index in [0.717, 1.165) is 98.9 Å². The van der Waals surface area contributed by atoms with E-state index >= 15 is 0 Å². The number of hydrogen-bond acceptors (Lipinski definition) is 2. The van der Waals surface area contributed by atoms with Crippen molar-refractivity contribution in [1.29, 1.82) is 0 Å². The minimum Gasteiger partial charge on any atom is -0.455 e. The number of fused-ring (bicyclic) bond motifs is 11. The van der Waals surface area contributed by atoms with Gasteiger partial charge in [0.15, 0.2) is 0 Å². The van der Waals surface area contributed by atoms with Gasteiger partial charge in [-0.15, -0.1) is 0 Å². The van der Waals surface area contributed by atoms with Crippen LogP contribution in [0, 0.1) is 0 Å². The van der Waals surface area contributed by atoms with Gasteiger partial charge in [0, 0.05) is 54.3 Å². The van der Waals surface area contributed by atoms with Crippen LogP contribution in [0.25, 0.3) is 110 Å². The molecular formula is C49H28N2O2. The van der Waals surface area contributed by atoms with Crippen molar-refractivity contribution in [3.8, 4) is 27.9 Å². The maximum Gasteiger partial charge on any atom is 0.263 e. The van der Waals surface area contributed by atoms with E-state index in [-0.39, 0.29) is 5.56 Å². The maximum absolute atomic E-state index is 14.1. The monoisotopic (exact) mass is 676 g/mol. The Morgan fingerprint density at radius 1 is 0.415 bits per heavy atom. The normalized spacial score (nSPS) is 12.2. The highest BCUT2D eigenvalue weighted by Gasteiger charge is 2.21. The van der Waals surface area contributed by atoms with Crippen LogP contribution in [0.15, 0.2) is 179 Å². The molecular weight excluding hydrogens is 649 g/mol. The third kappa shape index (κ3) is 3.81. The first-order valence-corrected chi connectivity index (χ1v) is 18.0. The lowest BCUT2D eigenvalue weighted by molar-refractivity contribution is 0.670. The summed E-state index contributed by atoms with van der Waals surface area (Å²) in [6, 6.07) is 59.6. The molecule has 8 aromatic carbocycles. The van der Waals surface area contributed by atoms with Crippen LogP contribution >= 0.6 is 0 Å². The Morgan fingerprint density at radius 2 is 1.08 bits per heavy atom. The Morgan fingerprint density at radius 3 is 1.94 bits per heavy atom. The number of furan rings is 1. The van der Waals surface area contributed by atoms with E-state index in [1.807, 2.05) is 46.9 Å². The van der Waals surface area contributed by atoms with Crippen molar-refractivity contribution in [1.82, 2.24) is 8.97 Å². The standard InChI is InChI=1S/C49H28N2O2/c52-49-40-17-2-1-16-37(40)46-32(24-25-38-34-13-3-7-21-43(34)51(49)47(38)46)29-11-9-12-31(27-29)50-42-20-6-4-14-35(42)41-28-30(23-26-44(41)50)33-18-10-19-39-36-15-5-8-22-45(36)53-48(33)39/h1-28H. The molecule has 0 spiro atoms. The van der Waals surface area contributed by atoms with Gasteiger partial charge in [0.2, 0.25) is 0 Å². The van der Waals surface area contributed by atoms with Crippen LogP contribution in [-0.2, 0) is 0 Å². The highest BCUT2D eigenvalue weighted by molar-refractivity contribution is 6.24. The Kier molecular flexibility index (Phi) is 5.62. The van der Waals surface area contributed by atoms with E-state index in [9.17, 15) is 4.79 Å². The molecule has 246 valence electrons. The smallest absolute Gasteiger partial charge is 0.263 e. The number of nitrogens with zero attached hydrogens (tertiary/aromatic N) is 2. The molecule has 0 N–H and O–H groups in total. The number of hydrogen-bond donors (Lipinski definition) is 0. The summed E-state index contributed by atoms with van der Waals surface area (Å²) in [5.41, 5.74) is 11.5. The second kappa shape index (κ2) is 10.4.